The largest absolute Gasteiger partial charge is 0.374 e. The molecular weight excluding hydrogens is 210 g/mol. The zero-order chi connectivity index (χ0) is 11.5. The highest BCUT2D eigenvalue weighted by Gasteiger charge is 2.02. The first-order valence-corrected chi connectivity index (χ1v) is 4.57. The molecule has 5 nitrogen and oxygen atoms in total. The van der Waals surface area contributed by atoms with Gasteiger partial charge < -0.3 is 20.5 Å². The molecule has 0 fully saturated rings. The van der Waals surface area contributed by atoms with E-state index < -0.39 is 13.0 Å². The summed E-state index contributed by atoms with van der Waals surface area (Å²) in [7, 11) is 0. The molecule has 90 valence electrons. The van der Waals surface area contributed by atoms with Crippen LogP contribution in [0.3, 0.4) is 0 Å². The van der Waals surface area contributed by atoms with Gasteiger partial charge in [0.15, 0.2) is 0 Å². The predicted molar refractivity (Wildman–Crippen MR) is 49.7 cm³/mol. The van der Waals surface area contributed by atoms with E-state index in [0.29, 0.717) is 13.2 Å². The van der Waals surface area contributed by atoms with Crippen LogP contribution in [-0.4, -0.2) is 51.8 Å². The van der Waals surface area contributed by atoms with Crippen molar-refractivity contribution < 1.29 is 23.0 Å². The molecule has 0 spiro atoms. The number of nitrogens with one attached hydrogen (secondary N) is 1. The molecule has 0 aliphatic rings. The highest BCUT2D eigenvalue weighted by atomic mass is 19.3. The molecule has 0 saturated heterocycles. The topological polar surface area (TPSA) is 73.6 Å². The predicted octanol–water partition coefficient (Wildman–Crippen LogP) is -0.640. The Labute approximate surface area is 86.9 Å². The lowest BCUT2D eigenvalue weighted by molar-refractivity contribution is -0.125. The first kappa shape index (κ1) is 14.2. The molecule has 0 saturated carbocycles. The number of halogens is 2. The van der Waals surface area contributed by atoms with Crippen molar-refractivity contribution in [3.8, 4) is 0 Å². The van der Waals surface area contributed by atoms with Crippen LogP contribution in [0.25, 0.3) is 0 Å². The number of nitrogens with two attached hydrogens (primary N) is 1. The van der Waals surface area contributed by atoms with Crippen LogP contribution in [0.1, 0.15) is 0 Å². The van der Waals surface area contributed by atoms with Crippen molar-refractivity contribution in [1.82, 2.24) is 5.32 Å². The van der Waals surface area contributed by atoms with Crippen molar-refractivity contribution in [3.05, 3.63) is 0 Å². The van der Waals surface area contributed by atoms with E-state index in [2.05, 4.69) is 10.1 Å². The number of hydrogen-bond acceptors (Lipinski definition) is 4. The summed E-state index contributed by atoms with van der Waals surface area (Å²) >= 11 is 0. The van der Waals surface area contributed by atoms with E-state index in [1.165, 1.54) is 0 Å². The minimum absolute atomic E-state index is 0.0625. The Kier molecular flexibility index (Phi) is 9.24. The molecule has 0 rings (SSSR count). The average Bonchev–Trinajstić information content (AvgIpc) is 2.17. The van der Waals surface area contributed by atoms with Gasteiger partial charge in [-0.1, -0.05) is 0 Å². The zero-order valence-corrected chi connectivity index (χ0v) is 8.38. The summed E-state index contributed by atoms with van der Waals surface area (Å²) in [5, 5.41) is 2.44. The van der Waals surface area contributed by atoms with Gasteiger partial charge in [0, 0.05) is 13.1 Å². The Bertz CT molecular complexity index is 170. The first-order chi connectivity index (χ1) is 7.16. The Hall–Kier alpha value is -0.790. The van der Waals surface area contributed by atoms with Crippen molar-refractivity contribution in [3.63, 3.8) is 0 Å². The van der Waals surface area contributed by atoms with Crippen molar-refractivity contribution >= 4 is 5.91 Å². The number of rotatable bonds is 9. The van der Waals surface area contributed by atoms with Crippen molar-refractivity contribution in [2.75, 3.05) is 39.5 Å². The Balaban J connectivity index is 3.17. The van der Waals surface area contributed by atoms with Gasteiger partial charge in [-0.3, -0.25) is 4.79 Å². The Morgan fingerprint density at radius 3 is 2.67 bits per heavy atom. The zero-order valence-electron chi connectivity index (χ0n) is 8.38. The average molecular weight is 226 g/mol. The lowest BCUT2D eigenvalue weighted by Crippen LogP contribution is -2.31. The van der Waals surface area contributed by atoms with Gasteiger partial charge in [-0.15, -0.1) is 0 Å². The van der Waals surface area contributed by atoms with E-state index in [-0.39, 0.29) is 25.7 Å². The summed E-state index contributed by atoms with van der Waals surface area (Å²) < 4.78 is 32.6. The minimum atomic E-state index is -2.48. The quantitative estimate of drug-likeness (QED) is 0.513. The molecule has 1 amide bonds. The summed E-state index contributed by atoms with van der Waals surface area (Å²) in [6.07, 6.45) is -2.48. The number of hydrogen-bond donors (Lipinski definition) is 2. The van der Waals surface area contributed by atoms with Crippen LogP contribution in [-0.2, 0) is 14.3 Å². The number of amides is 1. The van der Waals surface area contributed by atoms with Crippen LogP contribution < -0.4 is 11.1 Å². The molecule has 3 N–H and O–H groups in total. The smallest absolute Gasteiger partial charge is 0.261 e. The molecule has 0 aliphatic carbocycles. The summed E-state index contributed by atoms with van der Waals surface area (Å²) in [5.74, 6) is -0.316. The lowest BCUT2D eigenvalue weighted by Gasteiger charge is -2.06. The molecule has 0 aliphatic heterocycles. The lowest BCUT2D eigenvalue weighted by atomic mass is 10.6. The molecule has 15 heavy (non-hydrogen) atoms. The number of ether oxygens (including phenoxy) is 2. The van der Waals surface area contributed by atoms with E-state index in [4.69, 9.17) is 10.5 Å². The number of carbonyl (C=O) groups excluding carboxylic acids is 1. The summed E-state index contributed by atoms with van der Waals surface area (Å²) in [4.78, 5) is 10.9. The van der Waals surface area contributed by atoms with Gasteiger partial charge in [0.05, 0.1) is 13.2 Å². The van der Waals surface area contributed by atoms with Gasteiger partial charge in [0.2, 0.25) is 5.91 Å². The van der Waals surface area contributed by atoms with E-state index in [9.17, 15) is 13.6 Å². The fourth-order valence-corrected chi connectivity index (χ4v) is 0.734. The maximum Gasteiger partial charge on any atom is 0.261 e. The number of carbonyl (C=O) groups is 1. The molecular formula is C8H16F2N2O3. The van der Waals surface area contributed by atoms with Crippen LogP contribution in [0, 0.1) is 0 Å². The van der Waals surface area contributed by atoms with Crippen molar-refractivity contribution in [2.45, 2.75) is 6.43 Å². The fourth-order valence-electron chi connectivity index (χ4n) is 0.734. The number of alkyl halides is 2. The molecule has 0 aromatic heterocycles. The maximum absolute atomic E-state index is 11.6. The first-order valence-electron chi connectivity index (χ1n) is 4.57. The van der Waals surface area contributed by atoms with Gasteiger partial charge in [-0.25, -0.2) is 8.78 Å². The molecule has 0 bridgehead atoms. The Morgan fingerprint density at radius 1 is 1.33 bits per heavy atom. The maximum atomic E-state index is 11.6. The molecule has 0 aromatic carbocycles. The minimum Gasteiger partial charge on any atom is -0.374 e. The molecule has 0 unspecified atom stereocenters. The third-order valence-corrected chi connectivity index (χ3v) is 1.31. The SMILES string of the molecule is NCCOCC(=O)NCCOCC(F)F. The second-order valence-electron chi connectivity index (χ2n) is 2.66. The fraction of sp³-hybridized carbons (Fsp3) is 0.875. The Morgan fingerprint density at radius 2 is 2.07 bits per heavy atom. The standard InChI is InChI=1S/C8H16F2N2O3/c9-7(10)5-15-4-2-12-8(13)6-14-3-1-11/h7H,1-6,11H2,(H,12,13). The highest BCUT2D eigenvalue weighted by molar-refractivity contribution is 5.77. The highest BCUT2D eigenvalue weighted by Crippen LogP contribution is 1.91. The van der Waals surface area contributed by atoms with E-state index in [1.54, 1.807) is 0 Å². The van der Waals surface area contributed by atoms with Gasteiger partial charge in [-0.2, -0.15) is 0 Å². The van der Waals surface area contributed by atoms with Crippen LogP contribution in [0.15, 0.2) is 0 Å². The van der Waals surface area contributed by atoms with Crippen LogP contribution in [0.2, 0.25) is 0 Å². The summed E-state index contributed by atoms with van der Waals surface area (Å²) in [6, 6.07) is 0. The van der Waals surface area contributed by atoms with E-state index in [1.807, 2.05) is 0 Å². The van der Waals surface area contributed by atoms with Gasteiger partial charge in [-0.05, 0) is 0 Å². The molecule has 0 heterocycles. The third kappa shape index (κ3) is 11.1. The van der Waals surface area contributed by atoms with Crippen molar-refractivity contribution in [2.24, 2.45) is 5.73 Å². The molecule has 7 heteroatoms. The second-order valence-corrected chi connectivity index (χ2v) is 2.66. The van der Waals surface area contributed by atoms with Gasteiger partial charge >= 0.3 is 0 Å². The van der Waals surface area contributed by atoms with Crippen LogP contribution in [0.4, 0.5) is 8.78 Å². The molecule has 0 aromatic rings. The third-order valence-electron chi connectivity index (χ3n) is 1.31. The van der Waals surface area contributed by atoms with Crippen LogP contribution >= 0.6 is 0 Å². The molecule has 0 radical (unpaired) electrons. The van der Waals surface area contributed by atoms with Gasteiger partial charge in [0.1, 0.15) is 13.2 Å². The van der Waals surface area contributed by atoms with E-state index >= 15 is 0 Å². The summed E-state index contributed by atoms with van der Waals surface area (Å²) in [5.41, 5.74) is 5.13. The molecule has 0 atom stereocenters. The van der Waals surface area contributed by atoms with E-state index in [0.717, 1.165) is 0 Å². The second kappa shape index (κ2) is 9.75. The summed E-state index contributed by atoms with van der Waals surface area (Å²) in [6.45, 7) is 0.232. The van der Waals surface area contributed by atoms with Crippen LogP contribution in [0.5, 0.6) is 0 Å². The normalized spacial score (nSPS) is 10.7. The van der Waals surface area contributed by atoms with Crippen molar-refractivity contribution in [1.29, 1.82) is 0 Å². The van der Waals surface area contributed by atoms with Gasteiger partial charge in [0.25, 0.3) is 6.43 Å². The monoisotopic (exact) mass is 226 g/mol.